The fraction of sp³-hybridized carbons (Fsp3) is 0.273. The first-order valence-electron chi connectivity index (χ1n) is 5.37. The highest BCUT2D eigenvalue weighted by Crippen LogP contribution is 2.17. The summed E-state index contributed by atoms with van der Waals surface area (Å²) in [6.07, 6.45) is -0.863. The molecule has 0 amide bonds. The first-order chi connectivity index (χ1) is 9.26. The largest absolute Gasteiger partial charge is 0.497 e. The molecule has 0 saturated carbocycles. The van der Waals surface area contributed by atoms with Crippen molar-refractivity contribution in [2.24, 2.45) is 0 Å². The van der Waals surface area contributed by atoms with Crippen molar-refractivity contribution in [2.45, 2.75) is 17.4 Å². The molecule has 0 fully saturated rings. The zero-order valence-corrected chi connectivity index (χ0v) is 11.3. The zero-order valence-electron chi connectivity index (χ0n) is 10.4. The Morgan fingerprint density at radius 2 is 2.00 bits per heavy atom. The molecule has 0 spiro atoms. The number of carboxylic acid groups (broad SMARTS) is 2. The summed E-state index contributed by atoms with van der Waals surface area (Å²) < 4.78 is 30.6. The Morgan fingerprint density at radius 3 is 2.50 bits per heavy atom. The van der Waals surface area contributed by atoms with E-state index in [9.17, 15) is 18.0 Å². The van der Waals surface area contributed by atoms with Crippen LogP contribution < -0.4 is 9.46 Å². The molecule has 3 N–H and O–H groups in total. The Labute approximate surface area is 115 Å². The second kappa shape index (κ2) is 6.35. The number of rotatable bonds is 7. The van der Waals surface area contributed by atoms with Crippen LogP contribution in [0.3, 0.4) is 0 Å². The molecule has 0 bridgehead atoms. The predicted octanol–water partition coefficient (Wildman–Crippen LogP) is -0.0986. The number of methoxy groups -OCH3 is 1. The average Bonchev–Trinajstić information content (AvgIpc) is 2.37. The van der Waals surface area contributed by atoms with Crippen molar-refractivity contribution >= 4 is 22.0 Å². The second-order valence-corrected chi connectivity index (χ2v) is 5.50. The van der Waals surface area contributed by atoms with Gasteiger partial charge in [0.25, 0.3) is 0 Å². The molecule has 0 aliphatic heterocycles. The molecule has 20 heavy (non-hydrogen) atoms. The molecule has 1 atom stereocenters. The van der Waals surface area contributed by atoms with E-state index in [0.29, 0.717) is 0 Å². The topological polar surface area (TPSA) is 130 Å². The van der Waals surface area contributed by atoms with Crippen LogP contribution in [0.2, 0.25) is 0 Å². The van der Waals surface area contributed by atoms with Gasteiger partial charge in [0.05, 0.1) is 18.4 Å². The third-order valence-corrected chi connectivity index (χ3v) is 3.80. The fourth-order valence-electron chi connectivity index (χ4n) is 1.38. The summed E-state index contributed by atoms with van der Waals surface area (Å²) in [4.78, 5) is 21.2. The molecule has 0 unspecified atom stereocenters. The van der Waals surface area contributed by atoms with E-state index in [1.54, 1.807) is 0 Å². The number of ether oxygens (including phenoxy) is 1. The smallest absolute Gasteiger partial charge is 0.322 e. The summed E-state index contributed by atoms with van der Waals surface area (Å²) in [5.74, 6) is -2.72. The Balaban J connectivity index is 3.02. The van der Waals surface area contributed by atoms with E-state index in [4.69, 9.17) is 14.9 Å². The Hall–Kier alpha value is -2.13. The minimum Gasteiger partial charge on any atom is -0.497 e. The van der Waals surface area contributed by atoms with Crippen LogP contribution in [-0.4, -0.2) is 43.7 Å². The van der Waals surface area contributed by atoms with Gasteiger partial charge in [-0.2, -0.15) is 4.72 Å². The summed E-state index contributed by atoms with van der Waals surface area (Å²) in [6.45, 7) is 0. The number of hydrogen-bond acceptors (Lipinski definition) is 5. The SMILES string of the molecule is COc1cccc(S(=O)(=O)N[C@H](CC(=O)O)C(=O)O)c1. The highest BCUT2D eigenvalue weighted by Gasteiger charge is 2.27. The molecular formula is C11H13NO7S. The monoisotopic (exact) mass is 303 g/mol. The van der Waals surface area contributed by atoms with Crippen molar-refractivity contribution in [2.75, 3.05) is 7.11 Å². The summed E-state index contributed by atoms with van der Waals surface area (Å²) in [5, 5.41) is 17.4. The first kappa shape index (κ1) is 15.9. The van der Waals surface area contributed by atoms with Crippen molar-refractivity contribution in [1.29, 1.82) is 0 Å². The number of carbonyl (C=O) groups is 2. The van der Waals surface area contributed by atoms with Crippen molar-refractivity contribution in [1.82, 2.24) is 4.72 Å². The molecule has 1 aromatic rings. The van der Waals surface area contributed by atoms with Crippen LogP contribution in [0.25, 0.3) is 0 Å². The molecular weight excluding hydrogens is 290 g/mol. The molecule has 1 rings (SSSR count). The second-order valence-electron chi connectivity index (χ2n) is 3.79. The van der Waals surface area contributed by atoms with E-state index in [-0.39, 0.29) is 10.6 Å². The maximum Gasteiger partial charge on any atom is 0.322 e. The van der Waals surface area contributed by atoms with Crippen molar-refractivity contribution in [3.05, 3.63) is 24.3 Å². The third-order valence-electron chi connectivity index (χ3n) is 2.33. The molecule has 0 aliphatic rings. The molecule has 8 nitrogen and oxygen atoms in total. The number of sulfonamides is 1. The van der Waals surface area contributed by atoms with Gasteiger partial charge in [0, 0.05) is 6.07 Å². The standard InChI is InChI=1S/C11H13NO7S/c1-19-7-3-2-4-8(5-7)20(17,18)12-9(11(15)16)6-10(13)14/h2-5,9,12H,6H2,1H3,(H,13,14)(H,15,16)/t9-/m1/s1. The molecule has 9 heteroatoms. The minimum absolute atomic E-state index is 0.214. The van der Waals surface area contributed by atoms with Crippen LogP contribution in [0, 0.1) is 0 Å². The number of nitrogens with one attached hydrogen (secondary N) is 1. The Bertz CT molecular complexity index is 611. The van der Waals surface area contributed by atoms with E-state index in [2.05, 4.69) is 0 Å². The first-order valence-corrected chi connectivity index (χ1v) is 6.85. The van der Waals surface area contributed by atoms with Crippen LogP contribution in [0.1, 0.15) is 6.42 Å². The molecule has 0 radical (unpaired) electrons. The van der Waals surface area contributed by atoms with Crippen molar-refractivity contribution < 1.29 is 33.0 Å². The zero-order chi connectivity index (χ0) is 15.3. The van der Waals surface area contributed by atoms with Gasteiger partial charge < -0.3 is 14.9 Å². The molecule has 0 aromatic heterocycles. The van der Waals surface area contributed by atoms with Gasteiger partial charge in [-0.15, -0.1) is 0 Å². The van der Waals surface area contributed by atoms with Crippen LogP contribution in [0.4, 0.5) is 0 Å². The summed E-state index contributed by atoms with van der Waals surface area (Å²) in [5.41, 5.74) is 0. The maximum atomic E-state index is 12.0. The normalized spacial score (nSPS) is 12.7. The molecule has 110 valence electrons. The number of carboxylic acids is 2. The molecule has 0 saturated heterocycles. The Kier molecular flexibility index (Phi) is 5.06. The molecule has 1 aromatic carbocycles. The van der Waals surface area contributed by atoms with E-state index in [1.807, 2.05) is 4.72 Å². The lowest BCUT2D eigenvalue weighted by Gasteiger charge is -2.13. The van der Waals surface area contributed by atoms with E-state index >= 15 is 0 Å². The van der Waals surface area contributed by atoms with Crippen molar-refractivity contribution in [3.8, 4) is 5.75 Å². The van der Waals surface area contributed by atoms with Crippen LogP contribution in [0.15, 0.2) is 29.2 Å². The number of hydrogen-bond donors (Lipinski definition) is 3. The van der Waals surface area contributed by atoms with Crippen LogP contribution >= 0.6 is 0 Å². The summed E-state index contributed by atoms with van der Waals surface area (Å²) in [7, 11) is -2.81. The number of benzene rings is 1. The molecule has 0 heterocycles. The van der Waals surface area contributed by atoms with E-state index in [0.717, 1.165) is 0 Å². The van der Waals surface area contributed by atoms with Gasteiger partial charge in [-0.05, 0) is 12.1 Å². The average molecular weight is 303 g/mol. The van der Waals surface area contributed by atoms with E-state index in [1.165, 1.54) is 31.4 Å². The molecule has 0 aliphatic carbocycles. The highest BCUT2D eigenvalue weighted by molar-refractivity contribution is 7.89. The van der Waals surface area contributed by atoms with Crippen LogP contribution in [0.5, 0.6) is 5.75 Å². The lowest BCUT2D eigenvalue weighted by Crippen LogP contribution is -2.42. The van der Waals surface area contributed by atoms with Gasteiger partial charge in [0.2, 0.25) is 10.0 Å². The number of aliphatic carboxylic acids is 2. The minimum atomic E-state index is -4.16. The lowest BCUT2D eigenvalue weighted by atomic mass is 10.2. The van der Waals surface area contributed by atoms with E-state index < -0.39 is 34.4 Å². The van der Waals surface area contributed by atoms with Crippen LogP contribution in [-0.2, 0) is 19.6 Å². The lowest BCUT2D eigenvalue weighted by molar-refractivity contribution is -0.145. The fourth-order valence-corrected chi connectivity index (χ4v) is 2.60. The third kappa shape index (κ3) is 4.21. The van der Waals surface area contributed by atoms with Gasteiger partial charge in [0.1, 0.15) is 11.8 Å². The quantitative estimate of drug-likeness (QED) is 0.641. The van der Waals surface area contributed by atoms with Crippen molar-refractivity contribution in [3.63, 3.8) is 0 Å². The summed E-state index contributed by atoms with van der Waals surface area (Å²) >= 11 is 0. The van der Waals surface area contributed by atoms with Gasteiger partial charge in [-0.1, -0.05) is 6.07 Å². The Morgan fingerprint density at radius 1 is 1.35 bits per heavy atom. The van der Waals surface area contributed by atoms with Gasteiger partial charge in [-0.3, -0.25) is 9.59 Å². The van der Waals surface area contributed by atoms with Gasteiger partial charge in [0.15, 0.2) is 0 Å². The predicted molar refractivity (Wildman–Crippen MR) is 67.0 cm³/mol. The van der Waals surface area contributed by atoms with Gasteiger partial charge in [-0.25, -0.2) is 8.42 Å². The van der Waals surface area contributed by atoms with Gasteiger partial charge >= 0.3 is 11.9 Å². The summed E-state index contributed by atoms with van der Waals surface area (Å²) in [6, 6.07) is 3.63. The maximum absolute atomic E-state index is 12.0. The highest BCUT2D eigenvalue weighted by atomic mass is 32.2.